The first-order valence-electron chi connectivity index (χ1n) is 5.30. The molecule has 0 aromatic carbocycles. The normalized spacial score (nSPS) is 22.7. The number of hydrogen-bond donors (Lipinski definition) is 2. The summed E-state index contributed by atoms with van der Waals surface area (Å²) in [5, 5.41) is 11.6. The first-order chi connectivity index (χ1) is 8.53. The van der Waals surface area contributed by atoms with Crippen molar-refractivity contribution >= 4 is 23.6 Å². The Morgan fingerprint density at radius 3 is 2.83 bits per heavy atom. The quantitative estimate of drug-likeness (QED) is 0.798. The molecule has 0 aliphatic carbocycles. The van der Waals surface area contributed by atoms with Crippen molar-refractivity contribution in [3.63, 3.8) is 0 Å². The number of carbonyl (C=O) groups is 2. The lowest BCUT2D eigenvalue weighted by Crippen LogP contribution is -2.54. The van der Waals surface area contributed by atoms with Crippen LogP contribution in [0.5, 0.6) is 0 Å². The number of halogens is 1. The summed E-state index contributed by atoms with van der Waals surface area (Å²) in [5.74, 6) is -1.53. The van der Waals surface area contributed by atoms with E-state index < -0.39 is 23.4 Å². The minimum Gasteiger partial charge on any atom is -0.479 e. The van der Waals surface area contributed by atoms with Crippen LogP contribution in [0.2, 0.25) is 0 Å². The van der Waals surface area contributed by atoms with Crippen LogP contribution < -0.4 is 5.32 Å². The topological polar surface area (TPSA) is 79.3 Å². The molecule has 7 heteroatoms. The van der Waals surface area contributed by atoms with Crippen LogP contribution in [0.15, 0.2) is 18.2 Å². The van der Waals surface area contributed by atoms with Gasteiger partial charge in [0.05, 0.1) is 0 Å². The van der Waals surface area contributed by atoms with Gasteiger partial charge < -0.3 is 10.4 Å². The van der Waals surface area contributed by atoms with Crippen LogP contribution in [-0.2, 0) is 4.79 Å². The molecule has 1 aromatic rings. The number of aliphatic carboxylic acids is 1. The van der Waals surface area contributed by atoms with Crippen molar-refractivity contribution in [2.45, 2.75) is 12.0 Å². The van der Waals surface area contributed by atoms with Crippen LogP contribution in [0.4, 0.5) is 4.39 Å². The fraction of sp³-hybridized carbons (Fsp3) is 0.364. The van der Waals surface area contributed by atoms with Gasteiger partial charge in [-0.15, -0.1) is 0 Å². The number of hydrogen-bond acceptors (Lipinski definition) is 4. The Hall–Kier alpha value is -1.63. The predicted molar refractivity (Wildman–Crippen MR) is 64.0 cm³/mol. The summed E-state index contributed by atoms with van der Waals surface area (Å²) in [5.41, 5.74) is -1.39. The Morgan fingerprint density at radius 1 is 1.50 bits per heavy atom. The Morgan fingerprint density at radius 2 is 2.28 bits per heavy atom. The van der Waals surface area contributed by atoms with E-state index in [4.69, 9.17) is 0 Å². The third kappa shape index (κ3) is 2.45. The number of rotatable bonds is 3. The van der Waals surface area contributed by atoms with E-state index in [0.717, 1.165) is 6.07 Å². The van der Waals surface area contributed by atoms with E-state index >= 15 is 0 Å². The maximum Gasteiger partial charge on any atom is 0.330 e. The first kappa shape index (κ1) is 12.8. The van der Waals surface area contributed by atoms with Gasteiger partial charge in [-0.25, -0.2) is 9.78 Å². The van der Waals surface area contributed by atoms with Gasteiger partial charge in [0.25, 0.3) is 5.91 Å². The molecule has 1 aliphatic heterocycles. The second-order valence-electron chi connectivity index (χ2n) is 3.99. The number of nitrogens with one attached hydrogen (secondary N) is 1. The number of thioether (sulfide) groups is 1. The van der Waals surface area contributed by atoms with E-state index in [1.54, 1.807) is 0 Å². The third-order valence-corrected chi connectivity index (χ3v) is 3.92. The van der Waals surface area contributed by atoms with Crippen molar-refractivity contribution in [2.24, 2.45) is 0 Å². The molecule has 96 valence electrons. The van der Waals surface area contributed by atoms with Crippen molar-refractivity contribution in [1.82, 2.24) is 10.3 Å². The molecule has 1 amide bonds. The average molecular weight is 270 g/mol. The summed E-state index contributed by atoms with van der Waals surface area (Å²) in [6.45, 7) is 0. The number of pyridine rings is 1. The SMILES string of the molecule is O=C(NC1(C(=O)O)CCSC1)c1cccc(F)n1. The van der Waals surface area contributed by atoms with Gasteiger partial charge in [-0.1, -0.05) is 6.07 Å². The van der Waals surface area contributed by atoms with E-state index in [-0.39, 0.29) is 5.69 Å². The van der Waals surface area contributed by atoms with E-state index in [9.17, 15) is 19.1 Å². The smallest absolute Gasteiger partial charge is 0.330 e. The van der Waals surface area contributed by atoms with Crippen LogP contribution in [0.1, 0.15) is 16.9 Å². The van der Waals surface area contributed by atoms with Gasteiger partial charge in [-0.2, -0.15) is 16.2 Å². The molecule has 1 saturated heterocycles. The number of amides is 1. The van der Waals surface area contributed by atoms with Gasteiger partial charge in [0.1, 0.15) is 11.2 Å². The Kier molecular flexibility index (Phi) is 3.51. The molecule has 18 heavy (non-hydrogen) atoms. The summed E-state index contributed by atoms with van der Waals surface area (Å²) in [7, 11) is 0. The maximum absolute atomic E-state index is 12.9. The molecule has 5 nitrogen and oxygen atoms in total. The van der Waals surface area contributed by atoms with Gasteiger partial charge in [0, 0.05) is 5.75 Å². The highest BCUT2D eigenvalue weighted by molar-refractivity contribution is 7.99. The fourth-order valence-corrected chi connectivity index (χ4v) is 3.03. The summed E-state index contributed by atoms with van der Waals surface area (Å²) >= 11 is 1.46. The molecule has 0 radical (unpaired) electrons. The highest BCUT2D eigenvalue weighted by atomic mass is 32.2. The second-order valence-corrected chi connectivity index (χ2v) is 5.09. The Labute approximate surface area is 107 Å². The number of carbonyl (C=O) groups excluding carboxylic acids is 1. The Balaban J connectivity index is 2.18. The standard InChI is InChI=1S/C11H11FN2O3S/c12-8-3-1-2-7(13-8)9(15)14-11(10(16)17)4-5-18-6-11/h1-3H,4-6H2,(H,14,15)(H,16,17). The van der Waals surface area contributed by atoms with Crippen LogP contribution in [0.25, 0.3) is 0 Å². The summed E-state index contributed by atoms with van der Waals surface area (Å²) in [6.07, 6.45) is 0.355. The summed E-state index contributed by atoms with van der Waals surface area (Å²) < 4.78 is 12.9. The lowest BCUT2D eigenvalue weighted by molar-refractivity contribution is -0.143. The average Bonchev–Trinajstić information content (AvgIpc) is 2.79. The molecule has 1 unspecified atom stereocenters. The van der Waals surface area contributed by atoms with E-state index in [0.29, 0.717) is 17.9 Å². The molecule has 1 fully saturated rings. The lowest BCUT2D eigenvalue weighted by atomic mass is 9.99. The summed E-state index contributed by atoms with van der Waals surface area (Å²) in [6, 6.07) is 3.82. The van der Waals surface area contributed by atoms with E-state index in [2.05, 4.69) is 10.3 Å². The van der Waals surface area contributed by atoms with Gasteiger partial charge >= 0.3 is 5.97 Å². The molecule has 2 rings (SSSR count). The highest BCUT2D eigenvalue weighted by Gasteiger charge is 2.43. The predicted octanol–water partition coefficient (Wildman–Crippen LogP) is 0.911. The Bertz CT molecular complexity index is 489. The van der Waals surface area contributed by atoms with Gasteiger partial charge in [-0.3, -0.25) is 4.79 Å². The van der Waals surface area contributed by atoms with Crippen LogP contribution in [0, 0.1) is 5.95 Å². The van der Waals surface area contributed by atoms with Crippen LogP contribution in [-0.4, -0.2) is 39.0 Å². The zero-order valence-corrected chi connectivity index (χ0v) is 10.2. The van der Waals surface area contributed by atoms with Gasteiger partial charge in [0.2, 0.25) is 5.95 Å². The molecule has 0 spiro atoms. The molecule has 2 heterocycles. The number of carboxylic acids is 1. The molecule has 1 aromatic heterocycles. The largest absolute Gasteiger partial charge is 0.479 e. The number of aromatic nitrogens is 1. The van der Waals surface area contributed by atoms with Gasteiger partial charge in [-0.05, 0) is 24.3 Å². The second kappa shape index (κ2) is 4.93. The molecule has 1 atom stereocenters. The van der Waals surface area contributed by atoms with Crippen LogP contribution >= 0.6 is 11.8 Å². The zero-order valence-electron chi connectivity index (χ0n) is 9.35. The molecule has 0 saturated carbocycles. The number of carboxylic acid groups (broad SMARTS) is 1. The fourth-order valence-electron chi connectivity index (χ4n) is 1.70. The van der Waals surface area contributed by atoms with Crippen molar-refractivity contribution in [1.29, 1.82) is 0 Å². The monoisotopic (exact) mass is 270 g/mol. The molecular weight excluding hydrogens is 259 g/mol. The minimum atomic E-state index is -1.27. The maximum atomic E-state index is 12.9. The van der Waals surface area contributed by atoms with Crippen molar-refractivity contribution in [3.8, 4) is 0 Å². The van der Waals surface area contributed by atoms with Gasteiger partial charge in [0.15, 0.2) is 0 Å². The van der Waals surface area contributed by atoms with Crippen molar-refractivity contribution < 1.29 is 19.1 Å². The molecule has 2 N–H and O–H groups in total. The first-order valence-corrected chi connectivity index (χ1v) is 6.45. The molecular formula is C11H11FN2O3S. The minimum absolute atomic E-state index is 0.118. The van der Waals surface area contributed by atoms with E-state index in [1.165, 1.54) is 23.9 Å². The summed E-state index contributed by atoms with van der Waals surface area (Å²) in [4.78, 5) is 26.5. The number of nitrogens with zero attached hydrogens (tertiary/aromatic N) is 1. The zero-order chi connectivity index (χ0) is 13.2. The van der Waals surface area contributed by atoms with Crippen molar-refractivity contribution in [3.05, 3.63) is 29.8 Å². The molecule has 0 bridgehead atoms. The lowest BCUT2D eigenvalue weighted by Gasteiger charge is -2.24. The third-order valence-electron chi connectivity index (χ3n) is 2.73. The highest BCUT2D eigenvalue weighted by Crippen LogP contribution is 2.28. The van der Waals surface area contributed by atoms with E-state index in [1.807, 2.05) is 0 Å². The van der Waals surface area contributed by atoms with Crippen molar-refractivity contribution in [2.75, 3.05) is 11.5 Å². The van der Waals surface area contributed by atoms with Crippen LogP contribution in [0.3, 0.4) is 0 Å². The molecule has 1 aliphatic rings.